The van der Waals surface area contributed by atoms with Gasteiger partial charge in [-0.15, -0.1) is 0 Å². The topological polar surface area (TPSA) is 74.7 Å². The Balaban J connectivity index is 1.52. The number of aromatic nitrogens is 1. The summed E-state index contributed by atoms with van der Waals surface area (Å²) < 4.78 is 5.41. The summed E-state index contributed by atoms with van der Waals surface area (Å²) in [6.07, 6.45) is 4.98. The third-order valence-corrected chi connectivity index (χ3v) is 5.29. The highest BCUT2D eigenvalue weighted by Crippen LogP contribution is 2.50. The van der Waals surface area contributed by atoms with Gasteiger partial charge in [-0.1, -0.05) is 0 Å². The summed E-state index contributed by atoms with van der Waals surface area (Å²) in [5.41, 5.74) is 4.65. The number of nitrogens with zero attached hydrogens (tertiary/aromatic N) is 2. The number of pyridine rings is 1. The number of ether oxygens (including phenoxy) is 1. The molecule has 1 saturated heterocycles. The first kappa shape index (κ1) is 13.2. The van der Waals surface area contributed by atoms with E-state index in [4.69, 9.17) is 9.94 Å². The molecule has 1 saturated carbocycles. The van der Waals surface area contributed by atoms with E-state index in [1.807, 2.05) is 6.07 Å². The van der Waals surface area contributed by atoms with Crippen LogP contribution in [0.15, 0.2) is 12.3 Å². The zero-order chi connectivity index (χ0) is 14.4. The van der Waals surface area contributed by atoms with Crippen molar-refractivity contribution in [1.29, 1.82) is 0 Å². The Morgan fingerprint density at radius 3 is 3.00 bits per heavy atom. The minimum Gasteiger partial charge on any atom is -0.380 e. The fourth-order valence-electron chi connectivity index (χ4n) is 3.84. The lowest BCUT2D eigenvalue weighted by molar-refractivity contribution is -0.205. The molecule has 3 aliphatic rings. The minimum absolute atomic E-state index is 0.411. The number of rotatable bonds is 2. The van der Waals surface area contributed by atoms with Crippen LogP contribution in [0.2, 0.25) is 0 Å². The maximum absolute atomic E-state index is 11.4. The summed E-state index contributed by atoms with van der Waals surface area (Å²) in [7, 11) is 0. The number of hydrogen-bond acceptors (Lipinski definition) is 5. The van der Waals surface area contributed by atoms with Gasteiger partial charge in [0.15, 0.2) is 0 Å². The molecule has 0 bridgehead atoms. The van der Waals surface area contributed by atoms with E-state index in [1.54, 1.807) is 5.48 Å². The third-order valence-electron chi connectivity index (χ3n) is 5.29. The summed E-state index contributed by atoms with van der Waals surface area (Å²) in [5.74, 6) is -0.503. The Morgan fingerprint density at radius 2 is 2.38 bits per heavy atom. The van der Waals surface area contributed by atoms with Crippen LogP contribution in [0, 0.1) is 5.41 Å². The van der Waals surface area contributed by atoms with Crippen LogP contribution in [-0.4, -0.2) is 46.8 Å². The van der Waals surface area contributed by atoms with Gasteiger partial charge in [-0.25, -0.2) is 5.48 Å². The highest BCUT2D eigenvalue weighted by molar-refractivity contribution is 5.93. The van der Waals surface area contributed by atoms with Gasteiger partial charge in [0.25, 0.3) is 5.91 Å². The maximum Gasteiger partial charge on any atom is 0.276 e. The van der Waals surface area contributed by atoms with E-state index < -0.39 is 5.91 Å². The molecule has 1 aliphatic carbocycles. The fraction of sp³-hybridized carbons (Fsp3) is 0.600. The Morgan fingerprint density at radius 1 is 1.52 bits per heavy atom. The molecule has 21 heavy (non-hydrogen) atoms. The van der Waals surface area contributed by atoms with Crippen molar-refractivity contribution in [2.24, 2.45) is 5.41 Å². The molecular weight excluding hydrogens is 270 g/mol. The molecule has 2 fully saturated rings. The van der Waals surface area contributed by atoms with Crippen LogP contribution in [0.5, 0.6) is 0 Å². The third kappa shape index (κ3) is 1.97. The van der Waals surface area contributed by atoms with Gasteiger partial charge in [-0.05, 0) is 30.9 Å². The van der Waals surface area contributed by atoms with Crippen molar-refractivity contribution in [3.63, 3.8) is 0 Å². The van der Waals surface area contributed by atoms with Crippen molar-refractivity contribution < 1.29 is 14.7 Å². The number of hydrogen-bond donors (Lipinski definition) is 2. The fourth-order valence-corrected chi connectivity index (χ4v) is 3.84. The summed E-state index contributed by atoms with van der Waals surface area (Å²) >= 11 is 0. The molecule has 0 radical (unpaired) electrons. The molecule has 2 N–H and O–H groups in total. The smallest absolute Gasteiger partial charge is 0.276 e. The lowest BCUT2D eigenvalue weighted by Gasteiger charge is -2.59. The van der Waals surface area contributed by atoms with Gasteiger partial charge in [0.1, 0.15) is 0 Å². The average molecular weight is 289 g/mol. The van der Waals surface area contributed by atoms with Crippen molar-refractivity contribution in [2.45, 2.75) is 31.8 Å². The van der Waals surface area contributed by atoms with Gasteiger partial charge in [0.05, 0.1) is 24.5 Å². The second-order valence-corrected chi connectivity index (χ2v) is 6.40. The van der Waals surface area contributed by atoms with Crippen LogP contribution in [0.1, 0.15) is 34.5 Å². The standard InChI is InChI=1S/C15H19N3O3/c19-14(17-20)11-5-10-2-4-18(7-12(10)16-6-11)13-1-3-15(13)8-21-9-15/h5-6,13,20H,1-4,7-9H2,(H,17,19). The first-order valence-corrected chi connectivity index (χ1v) is 7.46. The van der Waals surface area contributed by atoms with Crippen molar-refractivity contribution in [3.8, 4) is 0 Å². The Hall–Kier alpha value is -1.50. The Bertz CT molecular complexity index is 580. The number of carbonyl (C=O) groups is 1. The summed E-state index contributed by atoms with van der Waals surface area (Å²) in [6, 6.07) is 2.47. The Labute approximate surface area is 123 Å². The molecular formula is C15H19N3O3. The van der Waals surface area contributed by atoms with E-state index in [1.165, 1.54) is 19.0 Å². The molecule has 1 atom stereocenters. The van der Waals surface area contributed by atoms with Gasteiger partial charge in [0.2, 0.25) is 0 Å². The summed E-state index contributed by atoms with van der Waals surface area (Å²) in [4.78, 5) is 18.4. The van der Waals surface area contributed by atoms with Crippen molar-refractivity contribution in [2.75, 3.05) is 19.8 Å². The molecule has 1 spiro atoms. The second-order valence-electron chi connectivity index (χ2n) is 6.40. The summed E-state index contributed by atoms with van der Waals surface area (Å²) in [5, 5.41) is 8.69. The molecule has 1 aromatic heterocycles. The molecule has 6 nitrogen and oxygen atoms in total. The normalized spacial score (nSPS) is 26.6. The maximum atomic E-state index is 11.4. The highest BCUT2D eigenvalue weighted by atomic mass is 16.5. The molecule has 6 heteroatoms. The molecule has 112 valence electrons. The predicted octanol–water partition coefficient (Wildman–Crippen LogP) is 0.738. The quantitative estimate of drug-likeness (QED) is 0.620. The number of hydroxylamine groups is 1. The zero-order valence-corrected chi connectivity index (χ0v) is 11.8. The number of amides is 1. The van der Waals surface area contributed by atoms with E-state index in [0.29, 0.717) is 17.0 Å². The van der Waals surface area contributed by atoms with Crippen molar-refractivity contribution >= 4 is 5.91 Å². The van der Waals surface area contributed by atoms with Crippen LogP contribution in [-0.2, 0) is 17.7 Å². The van der Waals surface area contributed by atoms with Crippen LogP contribution in [0.25, 0.3) is 0 Å². The van der Waals surface area contributed by atoms with Crippen LogP contribution in [0.3, 0.4) is 0 Å². The first-order valence-electron chi connectivity index (χ1n) is 7.46. The monoisotopic (exact) mass is 289 g/mol. The molecule has 2 aliphatic heterocycles. The van der Waals surface area contributed by atoms with Gasteiger partial charge in [-0.3, -0.25) is 19.9 Å². The predicted molar refractivity (Wildman–Crippen MR) is 73.9 cm³/mol. The molecule has 1 aromatic rings. The van der Waals surface area contributed by atoms with Crippen molar-refractivity contribution in [1.82, 2.24) is 15.4 Å². The second kappa shape index (κ2) is 4.76. The largest absolute Gasteiger partial charge is 0.380 e. The molecule has 1 amide bonds. The van der Waals surface area contributed by atoms with Gasteiger partial charge >= 0.3 is 0 Å². The first-order chi connectivity index (χ1) is 10.2. The lowest BCUT2D eigenvalue weighted by Crippen LogP contribution is -2.64. The molecule has 0 aromatic carbocycles. The van der Waals surface area contributed by atoms with Crippen LogP contribution in [0.4, 0.5) is 0 Å². The van der Waals surface area contributed by atoms with Gasteiger partial charge in [0, 0.05) is 30.7 Å². The molecule has 4 rings (SSSR count). The Kier molecular flexibility index (Phi) is 2.99. The number of carbonyl (C=O) groups excluding carboxylic acids is 1. The SMILES string of the molecule is O=C(NO)c1cnc2c(c1)CCN(C1CCC13COC3)C2. The lowest BCUT2D eigenvalue weighted by atomic mass is 9.62. The number of nitrogens with one attached hydrogen (secondary N) is 1. The van der Waals surface area contributed by atoms with E-state index in [-0.39, 0.29) is 0 Å². The van der Waals surface area contributed by atoms with E-state index in [2.05, 4.69) is 9.88 Å². The van der Waals surface area contributed by atoms with Crippen LogP contribution < -0.4 is 5.48 Å². The van der Waals surface area contributed by atoms with Gasteiger partial charge < -0.3 is 4.74 Å². The highest BCUT2D eigenvalue weighted by Gasteiger charge is 2.54. The summed E-state index contributed by atoms with van der Waals surface area (Å²) in [6.45, 7) is 3.67. The van der Waals surface area contributed by atoms with Crippen LogP contribution >= 0.6 is 0 Å². The zero-order valence-electron chi connectivity index (χ0n) is 11.8. The van der Waals surface area contributed by atoms with E-state index in [9.17, 15) is 4.79 Å². The van der Waals surface area contributed by atoms with E-state index in [0.717, 1.165) is 44.0 Å². The van der Waals surface area contributed by atoms with E-state index >= 15 is 0 Å². The van der Waals surface area contributed by atoms with Gasteiger partial charge in [-0.2, -0.15) is 0 Å². The average Bonchev–Trinajstić information content (AvgIpc) is 2.43. The molecule has 1 unspecified atom stereocenters. The minimum atomic E-state index is -0.503. The van der Waals surface area contributed by atoms with Crippen molar-refractivity contribution in [3.05, 3.63) is 29.1 Å². The number of fused-ring (bicyclic) bond motifs is 1. The molecule has 3 heterocycles.